The highest BCUT2D eigenvalue weighted by atomic mass is 35.5. The molecule has 1 aromatic carbocycles. The van der Waals surface area contributed by atoms with E-state index in [2.05, 4.69) is 4.98 Å². The first kappa shape index (κ1) is 15.9. The van der Waals surface area contributed by atoms with Gasteiger partial charge in [0.1, 0.15) is 5.15 Å². The Morgan fingerprint density at radius 3 is 2.57 bits per heavy atom. The number of halogens is 2. The van der Waals surface area contributed by atoms with Crippen molar-refractivity contribution in [2.75, 3.05) is 0 Å². The number of aromatic nitrogens is 3. The lowest BCUT2D eigenvalue weighted by molar-refractivity contribution is 0.0688. The molecular weight excluding hydrogens is 337 g/mol. The summed E-state index contributed by atoms with van der Waals surface area (Å²) >= 11 is 12.8. The van der Waals surface area contributed by atoms with Gasteiger partial charge in [0.2, 0.25) is 5.78 Å². The van der Waals surface area contributed by atoms with Crippen LogP contribution in [0.2, 0.25) is 10.2 Å². The van der Waals surface area contributed by atoms with Crippen molar-refractivity contribution in [3.63, 3.8) is 0 Å². The maximum atomic E-state index is 11.6. The quantitative estimate of drug-likeness (QED) is 0.764. The Morgan fingerprint density at radius 2 is 2.00 bits per heavy atom. The third-order valence-corrected chi connectivity index (χ3v) is 4.33. The molecule has 3 aromatic rings. The fraction of sp³-hybridized carbons (Fsp3) is 0.250. The zero-order valence-corrected chi connectivity index (χ0v) is 14.4. The topological polar surface area (TPSA) is 59.5 Å². The molecule has 0 radical (unpaired) electrons. The van der Waals surface area contributed by atoms with E-state index in [0.717, 1.165) is 11.1 Å². The molecule has 0 aliphatic rings. The van der Waals surface area contributed by atoms with Crippen LogP contribution in [-0.4, -0.2) is 25.0 Å². The van der Waals surface area contributed by atoms with E-state index in [1.165, 1.54) is 4.40 Å². The van der Waals surface area contributed by atoms with Crippen LogP contribution in [-0.2, 0) is 6.42 Å². The lowest BCUT2D eigenvalue weighted by atomic mass is 10.1. The molecule has 0 fully saturated rings. The molecule has 0 atom stereocenters. The molecule has 2 aromatic heterocycles. The first-order valence-electron chi connectivity index (χ1n) is 7.13. The summed E-state index contributed by atoms with van der Waals surface area (Å²) in [7, 11) is 0. The molecule has 7 heteroatoms. The highest BCUT2D eigenvalue weighted by molar-refractivity contribution is 6.33. The minimum absolute atomic E-state index is 0.129. The second-order valence-electron chi connectivity index (χ2n) is 5.44. The van der Waals surface area contributed by atoms with E-state index in [9.17, 15) is 9.90 Å². The molecule has 1 N–H and O–H groups in total. The van der Waals surface area contributed by atoms with Gasteiger partial charge >= 0.3 is 5.97 Å². The van der Waals surface area contributed by atoms with Gasteiger partial charge in [-0.2, -0.15) is 0 Å². The van der Waals surface area contributed by atoms with Gasteiger partial charge in [-0.05, 0) is 37.5 Å². The van der Waals surface area contributed by atoms with Gasteiger partial charge in [0.15, 0.2) is 5.69 Å². The van der Waals surface area contributed by atoms with Crippen LogP contribution in [0.25, 0.3) is 11.5 Å². The number of carbonyl (C=O) groups is 1. The molecule has 3 rings (SSSR count). The van der Waals surface area contributed by atoms with Crippen molar-refractivity contribution in [2.45, 2.75) is 27.2 Å². The molecular formula is C16H15Cl2N3O2. The van der Waals surface area contributed by atoms with Crippen molar-refractivity contribution in [2.24, 2.45) is 0 Å². The number of hydrogen-bond donors (Lipinski definition) is 1. The van der Waals surface area contributed by atoms with Gasteiger partial charge in [0.25, 0.3) is 0 Å². The summed E-state index contributed by atoms with van der Waals surface area (Å²) in [6, 6.07) is 3.84. The Bertz CT molecular complexity index is 918. The third-order valence-electron chi connectivity index (χ3n) is 3.77. The Kier molecular flexibility index (Phi) is 3.86. The number of carboxylic acid groups (broad SMARTS) is 1. The standard InChI is InChI=1S/C16H15Cl2N3O2/c1-4-11-14(15(22)23)20-7-12(18)21(16(20)19-11)13-9(3)5-8(2)6-10(13)17/h5-7H,4H2,1-3H3,(H,22,23). The predicted molar refractivity (Wildman–Crippen MR) is 90.4 cm³/mol. The Hall–Kier alpha value is -1.98. The Morgan fingerprint density at radius 1 is 1.30 bits per heavy atom. The summed E-state index contributed by atoms with van der Waals surface area (Å²) < 4.78 is 3.18. The number of imidazole rings is 2. The number of rotatable bonds is 3. The Balaban J connectivity index is 2.40. The van der Waals surface area contributed by atoms with E-state index in [4.69, 9.17) is 23.2 Å². The fourth-order valence-corrected chi connectivity index (χ4v) is 3.54. The lowest BCUT2D eigenvalue weighted by Gasteiger charge is -2.12. The summed E-state index contributed by atoms with van der Waals surface area (Å²) in [6.07, 6.45) is 2.07. The summed E-state index contributed by atoms with van der Waals surface area (Å²) in [5.41, 5.74) is 3.33. The smallest absolute Gasteiger partial charge is 0.354 e. The number of benzene rings is 1. The third kappa shape index (κ3) is 2.40. The summed E-state index contributed by atoms with van der Waals surface area (Å²) in [5, 5.41) is 10.4. The van der Waals surface area contributed by atoms with Gasteiger partial charge in [-0.3, -0.25) is 8.97 Å². The van der Waals surface area contributed by atoms with E-state index in [1.807, 2.05) is 32.9 Å². The molecule has 0 aliphatic heterocycles. The van der Waals surface area contributed by atoms with Crippen molar-refractivity contribution in [3.8, 4) is 5.69 Å². The maximum Gasteiger partial charge on any atom is 0.354 e. The SMILES string of the molecule is CCc1nc2n(-c3c(C)cc(C)cc3Cl)c(Cl)cn2c1C(=O)O. The molecule has 0 unspecified atom stereocenters. The first-order chi connectivity index (χ1) is 10.8. The van der Waals surface area contributed by atoms with Crippen molar-refractivity contribution in [1.29, 1.82) is 0 Å². The zero-order valence-electron chi connectivity index (χ0n) is 12.9. The average molecular weight is 352 g/mol. The van der Waals surface area contributed by atoms with Gasteiger partial charge < -0.3 is 5.11 Å². The maximum absolute atomic E-state index is 11.6. The number of aryl methyl sites for hydroxylation is 3. The fourth-order valence-electron chi connectivity index (χ4n) is 2.88. The average Bonchev–Trinajstić information content (AvgIpc) is 2.93. The highest BCUT2D eigenvalue weighted by Gasteiger charge is 2.23. The molecule has 0 spiro atoms. The van der Waals surface area contributed by atoms with Crippen LogP contribution in [0.1, 0.15) is 34.2 Å². The zero-order chi connectivity index (χ0) is 16.9. The van der Waals surface area contributed by atoms with Crippen molar-refractivity contribution >= 4 is 34.9 Å². The minimum atomic E-state index is -1.03. The van der Waals surface area contributed by atoms with E-state index in [0.29, 0.717) is 33.8 Å². The second kappa shape index (κ2) is 5.58. The largest absolute Gasteiger partial charge is 0.477 e. The van der Waals surface area contributed by atoms with Crippen LogP contribution < -0.4 is 0 Å². The highest BCUT2D eigenvalue weighted by Crippen LogP contribution is 2.32. The van der Waals surface area contributed by atoms with Gasteiger partial charge in [0, 0.05) is 6.20 Å². The molecule has 5 nitrogen and oxygen atoms in total. The normalized spacial score (nSPS) is 11.3. The number of carboxylic acids is 1. The summed E-state index contributed by atoms with van der Waals surface area (Å²) in [4.78, 5) is 16.0. The van der Waals surface area contributed by atoms with Crippen LogP contribution in [0.5, 0.6) is 0 Å². The van der Waals surface area contributed by atoms with Crippen LogP contribution in [0, 0.1) is 13.8 Å². The molecule has 23 heavy (non-hydrogen) atoms. The van der Waals surface area contributed by atoms with Gasteiger partial charge in [-0.15, -0.1) is 0 Å². The van der Waals surface area contributed by atoms with Crippen LogP contribution >= 0.6 is 23.2 Å². The van der Waals surface area contributed by atoms with E-state index in [-0.39, 0.29) is 5.69 Å². The minimum Gasteiger partial charge on any atom is -0.477 e. The van der Waals surface area contributed by atoms with E-state index in [1.54, 1.807) is 10.8 Å². The van der Waals surface area contributed by atoms with Gasteiger partial charge in [-0.1, -0.05) is 36.2 Å². The monoisotopic (exact) mass is 351 g/mol. The van der Waals surface area contributed by atoms with E-state index >= 15 is 0 Å². The second-order valence-corrected chi connectivity index (χ2v) is 6.23. The molecule has 120 valence electrons. The molecule has 0 amide bonds. The van der Waals surface area contributed by atoms with Crippen molar-refractivity contribution < 1.29 is 9.90 Å². The van der Waals surface area contributed by atoms with E-state index < -0.39 is 5.97 Å². The molecule has 0 saturated carbocycles. The van der Waals surface area contributed by atoms with Crippen molar-refractivity contribution in [1.82, 2.24) is 14.0 Å². The molecule has 0 bridgehead atoms. The van der Waals surface area contributed by atoms with Crippen molar-refractivity contribution in [3.05, 3.63) is 51.0 Å². The number of aromatic carboxylic acids is 1. The number of hydrogen-bond acceptors (Lipinski definition) is 2. The lowest BCUT2D eigenvalue weighted by Crippen LogP contribution is -2.04. The Labute approximate surface area is 143 Å². The molecule has 2 heterocycles. The van der Waals surface area contributed by atoms with Crippen LogP contribution in [0.15, 0.2) is 18.3 Å². The predicted octanol–water partition coefficient (Wildman–Crippen LogP) is 4.31. The summed E-state index contributed by atoms with van der Waals surface area (Å²) in [5.74, 6) is -0.590. The summed E-state index contributed by atoms with van der Waals surface area (Å²) in [6.45, 7) is 5.76. The van der Waals surface area contributed by atoms with Gasteiger partial charge in [0.05, 0.1) is 16.4 Å². The number of nitrogens with zero attached hydrogens (tertiary/aromatic N) is 3. The number of fused-ring (bicyclic) bond motifs is 1. The van der Waals surface area contributed by atoms with Gasteiger partial charge in [-0.25, -0.2) is 9.78 Å². The van der Waals surface area contributed by atoms with Crippen LogP contribution in [0.4, 0.5) is 0 Å². The molecule has 0 saturated heterocycles. The van der Waals surface area contributed by atoms with Crippen LogP contribution in [0.3, 0.4) is 0 Å². The first-order valence-corrected chi connectivity index (χ1v) is 7.89. The molecule has 0 aliphatic carbocycles.